The molecule has 1 aliphatic carbocycles. The van der Waals surface area contributed by atoms with Gasteiger partial charge in [0.25, 0.3) is 0 Å². The first-order valence-electron chi connectivity index (χ1n) is 6.40. The Morgan fingerprint density at radius 2 is 1.85 bits per heavy atom. The molecule has 0 atom stereocenters. The second-order valence-corrected chi connectivity index (χ2v) is 5.65. The Bertz CT molecular complexity index is 648. The van der Waals surface area contributed by atoms with E-state index in [0.29, 0.717) is 21.7 Å². The van der Waals surface area contributed by atoms with Crippen molar-refractivity contribution in [2.45, 2.75) is 18.9 Å². The van der Waals surface area contributed by atoms with Crippen molar-refractivity contribution in [3.63, 3.8) is 0 Å². The molecule has 4 heteroatoms. The highest BCUT2D eigenvalue weighted by atomic mass is 79.9. The van der Waals surface area contributed by atoms with Crippen molar-refractivity contribution >= 4 is 21.7 Å². The molecule has 0 heterocycles. The number of rotatable bonds is 4. The fraction of sp³-hybridized carbons (Fsp3) is 0.188. The zero-order valence-electron chi connectivity index (χ0n) is 10.6. The number of hydrogen-bond donors (Lipinski definition) is 0. The highest BCUT2D eigenvalue weighted by Gasteiger charge is 2.23. The van der Waals surface area contributed by atoms with Crippen LogP contribution in [0.2, 0.25) is 0 Å². The minimum atomic E-state index is -0.426. The molecule has 0 spiro atoms. The Morgan fingerprint density at radius 3 is 2.50 bits per heavy atom. The molecule has 2 aromatic rings. The third-order valence-corrected chi connectivity index (χ3v) is 3.81. The first kappa shape index (κ1) is 13.3. The van der Waals surface area contributed by atoms with Gasteiger partial charge in [-0.2, -0.15) is 0 Å². The SMILES string of the molecule is O=C(c1ccc(OC2CC2)cc1)c1cc(F)ccc1Br. The largest absolute Gasteiger partial charge is 0.490 e. The molecule has 102 valence electrons. The number of ether oxygens (including phenoxy) is 1. The van der Waals surface area contributed by atoms with Crippen LogP contribution in [-0.4, -0.2) is 11.9 Å². The van der Waals surface area contributed by atoms with E-state index in [0.717, 1.165) is 18.6 Å². The van der Waals surface area contributed by atoms with Gasteiger partial charge < -0.3 is 4.74 Å². The van der Waals surface area contributed by atoms with Crippen LogP contribution >= 0.6 is 15.9 Å². The van der Waals surface area contributed by atoms with E-state index in [1.807, 2.05) is 0 Å². The lowest BCUT2D eigenvalue weighted by Gasteiger charge is -2.07. The predicted octanol–water partition coefficient (Wildman–Crippen LogP) is 4.36. The summed E-state index contributed by atoms with van der Waals surface area (Å²) in [7, 11) is 0. The van der Waals surface area contributed by atoms with Crippen LogP contribution in [-0.2, 0) is 0 Å². The third kappa shape index (κ3) is 2.90. The first-order valence-corrected chi connectivity index (χ1v) is 7.19. The molecular weight excluding hydrogens is 323 g/mol. The molecule has 0 amide bonds. The summed E-state index contributed by atoms with van der Waals surface area (Å²) in [6.07, 6.45) is 2.52. The Hall–Kier alpha value is -1.68. The van der Waals surface area contributed by atoms with Crippen LogP contribution in [0.4, 0.5) is 4.39 Å². The highest BCUT2D eigenvalue weighted by Crippen LogP contribution is 2.27. The summed E-state index contributed by atoms with van der Waals surface area (Å²) < 4.78 is 19.5. The average Bonchev–Trinajstić information content (AvgIpc) is 3.26. The van der Waals surface area contributed by atoms with Crippen LogP contribution in [0.15, 0.2) is 46.9 Å². The van der Waals surface area contributed by atoms with Crippen LogP contribution in [0, 0.1) is 5.82 Å². The fourth-order valence-corrected chi connectivity index (χ4v) is 2.32. The molecule has 0 aliphatic heterocycles. The van der Waals surface area contributed by atoms with Crippen LogP contribution in [0.25, 0.3) is 0 Å². The van der Waals surface area contributed by atoms with Crippen LogP contribution in [0.3, 0.4) is 0 Å². The molecule has 2 nitrogen and oxygen atoms in total. The zero-order valence-corrected chi connectivity index (χ0v) is 12.2. The van der Waals surface area contributed by atoms with Gasteiger partial charge in [0, 0.05) is 15.6 Å². The molecule has 1 fully saturated rings. The molecule has 1 aliphatic rings. The van der Waals surface area contributed by atoms with Crippen LogP contribution in [0.1, 0.15) is 28.8 Å². The number of carbonyl (C=O) groups excluding carboxylic acids is 1. The van der Waals surface area contributed by atoms with Crippen molar-refractivity contribution in [1.29, 1.82) is 0 Å². The molecule has 20 heavy (non-hydrogen) atoms. The molecule has 0 saturated heterocycles. The lowest BCUT2D eigenvalue weighted by molar-refractivity contribution is 0.103. The molecule has 0 bridgehead atoms. The topological polar surface area (TPSA) is 26.3 Å². The normalized spacial score (nSPS) is 14.1. The van der Waals surface area contributed by atoms with Crippen molar-refractivity contribution in [2.75, 3.05) is 0 Å². The van der Waals surface area contributed by atoms with Gasteiger partial charge in [0.2, 0.25) is 0 Å². The van der Waals surface area contributed by atoms with Gasteiger partial charge in [0.1, 0.15) is 11.6 Å². The minimum absolute atomic E-state index is 0.214. The third-order valence-electron chi connectivity index (χ3n) is 3.12. The quantitative estimate of drug-likeness (QED) is 0.776. The molecule has 0 aromatic heterocycles. The minimum Gasteiger partial charge on any atom is -0.490 e. The van der Waals surface area contributed by atoms with Crippen LogP contribution in [0.5, 0.6) is 5.75 Å². The smallest absolute Gasteiger partial charge is 0.194 e. The van der Waals surface area contributed by atoms with E-state index in [-0.39, 0.29) is 5.78 Å². The van der Waals surface area contributed by atoms with Gasteiger partial charge in [-0.25, -0.2) is 4.39 Å². The van der Waals surface area contributed by atoms with E-state index in [1.165, 1.54) is 18.2 Å². The summed E-state index contributed by atoms with van der Waals surface area (Å²) in [4.78, 5) is 12.3. The lowest BCUT2D eigenvalue weighted by atomic mass is 10.0. The van der Waals surface area contributed by atoms with Gasteiger partial charge >= 0.3 is 0 Å². The predicted molar refractivity (Wildman–Crippen MR) is 77.6 cm³/mol. The fourth-order valence-electron chi connectivity index (χ4n) is 1.89. The number of carbonyl (C=O) groups is 1. The van der Waals surface area contributed by atoms with Gasteiger partial charge in [0.05, 0.1) is 6.10 Å². The summed E-state index contributed by atoms with van der Waals surface area (Å²) in [6, 6.07) is 11.0. The van der Waals surface area contributed by atoms with E-state index in [9.17, 15) is 9.18 Å². The Labute approximate surface area is 124 Å². The number of benzene rings is 2. The van der Waals surface area contributed by atoms with Gasteiger partial charge in [0.15, 0.2) is 5.78 Å². The molecule has 3 rings (SSSR count). The second-order valence-electron chi connectivity index (χ2n) is 4.79. The summed E-state index contributed by atoms with van der Waals surface area (Å²) in [5, 5.41) is 0. The van der Waals surface area contributed by atoms with Crippen molar-refractivity contribution in [3.05, 3.63) is 63.9 Å². The Balaban J connectivity index is 1.83. The van der Waals surface area contributed by atoms with Gasteiger partial charge in [-0.1, -0.05) is 15.9 Å². The van der Waals surface area contributed by atoms with Crippen molar-refractivity contribution in [3.8, 4) is 5.75 Å². The van der Waals surface area contributed by atoms with Gasteiger partial charge in [-0.3, -0.25) is 4.79 Å². The number of hydrogen-bond acceptors (Lipinski definition) is 2. The maximum atomic E-state index is 13.2. The number of ketones is 1. The Kier molecular flexibility index (Phi) is 3.57. The monoisotopic (exact) mass is 334 g/mol. The standard InChI is InChI=1S/C16H12BrFO2/c17-15-8-3-11(18)9-14(15)16(19)10-1-4-12(5-2-10)20-13-6-7-13/h1-5,8-9,13H,6-7H2. The maximum absolute atomic E-state index is 13.2. The van der Waals surface area contributed by atoms with Gasteiger partial charge in [-0.05, 0) is 55.3 Å². The van der Waals surface area contributed by atoms with E-state index in [4.69, 9.17) is 4.74 Å². The number of halogens is 2. The average molecular weight is 335 g/mol. The van der Waals surface area contributed by atoms with Crippen molar-refractivity contribution in [1.82, 2.24) is 0 Å². The molecule has 0 unspecified atom stereocenters. The molecule has 2 aromatic carbocycles. The summed E-state index contributed by atoms with van der Waals surface area (Å²) >= 11 is 3.27. The van der Waals surface area contributed by atoms with Crippen LogP contribution < -0.4 is 4.74 Å². The second kappa shape index (κ2) is 5.37. The Morgan fingerprint density at radius 1 is 1.15 bits per heavy atom. The molecular formula is C16H12BrFO2. The molecule has 0 radical (unpaired) electrons. The lowest BCUT2D eigenvalue weighted by Crippen LogP contribution is -2.03. The van der Waals surface area contributed by atoms with E-state index in [1.54, 1.807) is 24.3 Å². The first-order chi connectivity index (χ1) is 9.63. The van der Waals surface area contributed by atoms with Gasteiger partial charge in [-0.15, -0.1) is 0 Å². The summed E-state index contributed by atoms with van der Waals surface area (Å²) in [6.45, 7) is 0. The van der Waals surface area contributed by atoms with E-state index in [2.05, 4.69) is 15.9 Å². The van der Waals surface area contributed by atoms with E-state index >= 15 is 0 Å². The molecule has 1 saturated carbocycles. The van der Waals surface area contributed by atoms with Crippen molar-refractivity contribution in [2.24, 2.45) is 0 Å². The maximum Gasteiger partial charge on any atom is 0.194 e. The molecule has 0 N–H and O–H groups in total. The summed E-state index contributed by atoms with van der Waals surface area (Å²) in [5.41, 5.74) is 0.834. The summed E-state index contributed by atoms with van der Waals surface area (Å²) in [5.74, 6) is 0.127. The zero-order chi connectivity index (χ0) is 14.1. The van der Waals surface area contributed by atoms with E-state index < -0.39 is 5.82 Å². The van der Waals surface area contributed by atoms with Crippen molar-refractivity contribution < 1.29 is 13.9 Å². The highest BCUT2D eigenvalue weighted by molar-refractivity contribution is 9.10.